The Morgan fingerprint density at radius 2 is 1.93 bits per heavy atom. The molecule has 7 nitrogen and oxygen atoms in total. The highest BCUT2D eigenvalue weighted by atomic mass is 35.5. The number of carbonyl (C=O) groups excluding carboxylic acids is 2. The van der Waals surface area contributed by atoms with E-state index in [9.17, 15) is 14.0 Å². The number of carbonyl (C=O) groups is 2. The monoisotopic (exact) mass is 407 g/mol. The van der Waals surface area contributed by atoms with Crippen molar-refractivity contribution >= 4 is 29.2 Å². The molecule has 0 spiro atoms. The fraction of sp³-hybridized carbons (Fsp3) is 0.263. The predicted molar refractivity (Wildman–Crippen MR) is 102 cm³/mol. The molecule has 28 heavy (non-hydrogen) atoms. The maximum absolute atomic E-state index is 13.8. The highest BCUT2D eigenvalue weighted by molar-refractivity contribution is 6.31. The highest BCUT2D eigenvalue weighted by Gasteiger charge is 2.16. The Labute approximate surface area is 166 Å². The first-order valence-electron chi connectivity index (χ1n) is 8.54. The van der Waals surface area contributed by atoms with Crippen molar-refractivity contribution in [3.8, 4) is 11.5 Å². The van der Waals surface area contributed by atoms with Crippen LogP contribution in [-0.2, 0) is 11.3 Å². The molecule has 0 saturated carbocycles. The maximum atomic E-state index is 13.8. The van der Waals surface area contributed by atoms with Crippen molar-refractivity contribution in [1.29, 1.82) is 0 Å². The zero-order chi connectivity index (χ0) is 20.1. The second kappa shape index (κ2) is 8.90. The number of halogens is 2. The van der Waals surface area contributed by atoms with Crippen LogP contribution in [0.3, 0.4) is 0 Å². The molecule has 1 heterocycles. The summed E-state index contributed by atoms with van der Waals surface area (Å²) in [4.78, 5) is 25.6. The molecule has 9 heteroatoms. The number of anilines is 1. The number of amides is 3. The van der Waals surface area contributed by atoms with Gasteiger partial charge < -0.3 is 14.8 Å². The van der Waals surface area contributed by atoms with Gasteiger partial charge in [0.1, 0.15) is 19.0 Å². The van der Waals surface area contributed by atoms with Crippen LogP contribution < -0.4 is 20.1 Å². The van der Waals surface area contributed by atoms with Crippen LogP contribution in [0.15, 0.2) is 36.4 Å². The third-order valence-electron chi connectivity index (χ3n) is 3.96. The number of hydrogen-bond acceptors (Lipinski definition) is 5. The van der Waals surface area contributed by atoms with E-state index in [0.717, 1.165) is 0 Å². The summed E-state index contributed by atoms with van der Waals surface area (Å²) in [6, 6.07) is 8.65. The second-order valence-electron chi connectivity index (χ2n) is 6.23. The van der Waals surface area contributed by atoms with Crippen molar-refractivity contribution in [2.45, 2.75) is 6.54 Å². The summed E-state index contributed by atoms with van der Waals surface area (Å²) in [7, 11) is 1.63. The van der Waals surface area contributed by atoms with Crippen LogP contribution in [0.4, 0.5) is 14.9 Å². The first-order valence-corrected chi connectivity index (χ1v) is 8.92. The molecule has 0 aliphatic carbocycles. The molecule has 0 unspecified atom stereocenters. The van der Waals surface area contributed by atoms with E-state index in [1.165, 1.54) is 12.1 Å². The fourth-order valence-corrected chi connectivity index (χ4v) is 2.93. The second-order valence-corrected chi connectivity index (χ2v) is 6.64. The first kappa shape index (κ1) is 19.9. The highest BCUT2D eigenvalue weighted by Crippen LogP contribution is 2.32. The molecule has 2 aromatic rings. The number of nitrogens with one attached hydrogen (secondary N) is 2. The average molecular weight is 408 g/mol. The molecule has 3 rings (SSSR count). The molecule has 0 aromatic heterocycles. The molecule has 0 saturated heterocycles. The van der Waals surface area contributed by atoms with E-state index in [1.54, 1.807) is 36.2 Å². The van der Waals surface area contributed by atoms with Crippen LogP contribution in [0.1, 0.15) is 5.56 Å². The van der Waals surface area contributed by atoms with Crippen LogP contribution in [0.5, 0.6) is 11.5 Å². The Kier molecular flexibility index (Phi) is 6.33. The normalized spacial score (nSPS) is 12.6. The van der Waals surface area contributed by atoms with Gasteiger partial charge in [0.05, 0.1) is 6.54 Å². The Balaban J connectivity index is 1.51. The van der Waals surface area contributed by atoms with Crippen molar-refractivity contribution in [1.82, 2.24) is 10.2 Å². The van der Waals surface area contributed by atoms with E-state index in [4.69, 9.17) is 21.1 Å². The molecule has 1 aliphatic heterocycles. The molecule has 0 atom stereocenters. The predicted octanol–water partition coefficient (Wildman–Crippen LogP) is 3.03. The van der Waals surface area contributed by atoms with Crippen molar-refractivity contribution in [2.24, 2.45) is 0 Å². The molecule has 1 aliphatic rings. The number of rotatable bonds is 5. The Hall–Kier alpha value is -2.84. The molecule has 3 amide bonds. The molecule has 148 valence electrons. The molecule has 0 radical (unpaired) electrons. The van der Waals surface area contributed by atoms with Gasteiger partial charge >= 0.3 is 6.03 Å². The summed E-state index contributed by atoms with van der Waals surface area (Å²) in [6.45, 7) is 0.918. The van der Waals surface area contributed by atoms with Gasteiger partial charge in [-0.05, 0) is 31.3 Å². The number of imide groups is 1. The minimum Gasteiger partial charge on any atom is -0.486 e. The zero-order valence-corrected chi connectivity index (χ0v) is 15.9. The van der Waals surface area contributed by atoms with Gasteiger partial charge in [-0.3, -0.25) is 15.0 Å². The quantitative estimate of drug-likeness (QED) is 0.796. The Morgan fingerprint density at radius 1 is 1.18 bits per heavy atom. The number of ether oxygens (including phenoxy) is 2. The number of likely N-dealkylation sites (N-methyl/N-ethyl adjacent to an activating group) is 1. The molecular weight excluding hydrogens is 389 g/mol. The molecular formula is C19H19ClFN3O4. The van der Waals surface area contributed by atoms with Crippen LogP contribution >= 0.6 is 11.6 Å². The van der Waals surface area contributed by atoms with Gasteiger partial charge in [0, 0.05) is 28.9 Å². The summed E-state index contributed by atoms with van der Waals surface area (Å²) in [5.74, 6) is 0.139. The van der Waals surface area contributed by atoms with Crippen molar-refractivity contribution in [2.75, 3.05) is 32.1 Å². The lowest BCUT2D eigenvalue weighted by Crippen LogP contribution is -2.40. The third kappa shape index (κ3) is 5.11. The van der Waals surface area contributed by atoms with Gasteiger partial charge in [0.2, 0.25) is 5.91 Å². The van der Waals surface area contributed by atoms with Crippen molar-refractivity contribution in [3.05, 3.63) is 52.8 Å². The number of urea groups is 1. The first-order chi connectivity index (χ1) is 13.4. The molecule has 0 fully saturated rings. The molecule has 2 N–H and O–H groups in total. The van der Waals surface area contributed by atoms with Gasteiger partial charge in [-0.15, -0.1) is 0 Å². The topological polar surface area (TPSA) is 79.9 Å². The van der Waals surface area contributed by atoms with E-state index in [0.29, 0.717) is 36.0 Å². The summed E-state index contributed by atoms with van der Waals surface area (Å²) in [6.07, 6.45) is 0. The van der Waals surface area contributed by atoms with E-state index < -0.39 is 17.8 Å². The minimum absolute atomic E-state index is 0.112. The van der Waals surface area contributed by atoms with Gasteiger partial charge in [0.15, 0.2) is 11.5 Å². The largest absolute Gasteiger partial charge is 0.486 e. The zero-order valence-electron chi connectivity index (χ0n) is 15.1. The van der Waals surface area contributed by atoms with Gasteiger partial charge in [-0.2, -0.15) is 0 Å². The van der Waals surface area contributed by atoms with Crippen LogP contribution in [0.25, 0.3) is 0 Å². The van der Waals surface area contributed by atoms with E-state index in [2.05, 4.69) is 10.6 Å². The Bertz CT molecular complexity index is 873. The van der Waals surface area contributed by atoms with Crippen molar-refractivity contribution < 1.29 is 23.5 Å². The van der Waals surface area contributed by atoms with Crippen molar-refractivity contribution in [3.63, 3.8) is 0 Å². The SMILES string of the molecule is CN(CC(=O)NC(=O)Nc1ccc2c(c1)OCCO2)Cc1c(F)cccc1Cl. The molecule has 2 aromatic carbocycles. The summed E-state index contributed by atoms with van der Waals surface area (Å²) in [5.41, 5.74) is 0.751. The number of hydrogen-bond donors (Lipinski definition) is 2. The van der Waals surface area contributed by atoms with Crippen LogP contribution in [0.2, 0.25) is 5.02 Å². The lowest BCUT2D eigenvalue weighted by molar-refractivity contribution is -0.120. The maximum Gasteiger partial charge on any atom is 0.325 e. The van der Waals surface area contributed by atoms with E-state index in [-0.39, 0.29) is 18.1 Å². The van der Waals surface area contributed by atoms with E-state index in [1.807, 2.05) is 0 Å². The third-order valence-corrected chi connectivity index (χ3v) is 4.31. The van der Waals surface area contributed by atoms with Gasteiger partial charge in [-0.25, -0.2) is 9.18 Å². The van der Waals surface area contributed by atoms with Gasteiger partial charge in [0.25, 0.3) is 0 Å². The lowest BCUT2D eigenvalue weighted by Gasteiger charge is -2.19. The summed E-state index contributed by atoms with van der Waals surface area (Å²) in [5, 5.41) is 5.06. The summed E-state index contributed by atoms with van der Waals surface area (Å²) >= 11 is 5.98. The molecule has 0 bridgehead atoms. The minimum atomic E-state index is -0.681. The Morgan fingerprint density at radius 3 is 2.68 bits per heavy atom. The fourth-order valence-electron chi connectivity index (χ4n) is 2.70. The lowest BCUT2D eigenvalue weighted by atomic mass is 10.2. The van der Waals surface area contributed by atoms with Gasteiger partial charge in [-0.1, -0.05) is 17.7 Å². The van der Waals surface area contributed by atoms with Crippen LogP contribution in [0, 0.1) is 5.82 Å². The standard InChI is InChI=1S/C19H19ClFN3O4/c1-24(10-13-14(20)3-2-4-15(13)21)11-18(25)23-19(26)22-12-5-6-16-17(9-12)28-8-7-27-16/h2-6,9H,7-8,10-11H2,1H3,(H2,22,23,25,26). The summed E-state index contributed by atoms with van der Waals surface area (Å²) < 4.78 is 24.7. The number of fused-ring (bicyclic) bond motifs is 1. The van der Waals surface area contributed by atoms with Crippen LogP contribution in [-0.4, -0.2) is 43.6 Å². The number of nitrogens with zero attached hydrogens (tertiary/aromatic N) is 1. The average Bonchev–Trinajstić information content (AvgIpc) is 2.64. The van der Waals surface area contributed by atoms with E-state index >= 15 is 0 Å². The smallest absolute Gasteiger partial charge is 0.325 e. The number of benzene rings is 2.